The Morgan fingerprint density at radius 1 is 1.20 bits per heavy atom. The second kappa shape index (κ2) is 6.51. The van der Waals surface area contributed by atoms with Gasteiger partial charge in [-0.25, -0.2) is 9.78 Å². The summed E-state index contributed by atoms with van der Waals surface area (Å²) < 4.78 is 14.9. The van der Waals surface area contributed by atoms with E-state index < -0.39 is 6.16 Å². The lowest BCUT2D eigenvalue weighted by atomic mass is 10.3. The Balaban J connectivity index is 1.92. The van der Waals surface area contributed by atoms with E-state index in [1.54, 1.807) is 37.3 Å². The van der Waals surface area contributed by atoms with Gasteiger partial charge >= 0.3 is 6.16 Å². The van der Waals surface area contributed by atoms with Crippen molar-refractivity contribution in [2.24, 2.45) is 0 Å². The van der Waals surface area contributed by atoms with Crippen molar-refractivity contribution in [3.8, 4) is 11.6 Å². The fourth-order valence-electron chi connectivity index (χ4n) is 1.51. The van der Waals surface area contributed by atoms with Crippen LogP contribution in [0.15, 0.2) is 36.4 Å². The first-order valence-corrected chi connectivity index (χ1v) is 5.95. The van der Waals surface area contributed by atoms with Crippen molar-refractivity contribution >= 4 is 6.16 Å². The van der Waals surface area contributed by atoms with Gasteiger partial charge in [-0.2, -0.15) is 4.98 Å². The Kier molecular flexibility index (Phi) is 4.49. The Bertz CT molecular complexity index is 587. The van der Waals surface area contributed by atoms with Crippen molar-refractivity contribution in [1.29, 1.82) is 0 Å². The molecule has 0 N–H and O–H groups in total. The minimum absolute atomic E-state index is 0.0797. The molecule has 104 valence electrons. The molecule has 0 fully saturated rings. The highest BCUT2D eigenvalue weighted by molar-refractivity contribution is 5.63. The summed E-state index contributed by atoms with van der Waals surface area (Å²) in [6, 6.07) is 10.4. The predicted molar refractivity (Wildman–Crippen MR) is 70.6 cm³/mol. The van der Waals surface area contributed by atoms with Crippen LogP contribution in [0.2, 0.25) is 0 Å². The van der Waals surface area contributed by atoms with E-state index in [0.29, 0.717) is 17.5 Å². The maximum atomic E-state index is 11.5. The molecule has 2 aromatic rings. The molecule has 1 heterocycles. The van der Waals surface area contributed by atoms with E-state index in [0.717, 1.165) is 5.69 Å². The van der Waals surface area contributed by atoms with Gasteiger partial charge in [-0.05, 0) is 19.1 Å². The van der Waals surface area contributed by atoms with Gasteiger partial charge in [0.2, 0.25) is 5.88 Å². The molecule has 0 spiro atoms. The van der Waals surface area contributed by atoms with Crippen LogP contribution < -0.4 is 9.47 Å². The van der Waals surface area contributed by atoms with Crippen LogP contribution in [0.1, 0.15) is 11.5 Å². The Hall–Kier alpha value is -2.63. The zero-order valence-corrected chi connectivity index (χ0v) is 11.2. The zero-order valence-electron chi connectivity index (χ0n) is 11.2. The van der Waals surface area contributed by atoms with Gasteiger partial charge in [0.25, 0.3) is 0 Å². The lowest BCUT2D eigenvalue weighted by Crippen LogP contribution is -2.12. The Morgan fingerprint density at radius 2 is 1.95 bits per heavy atom. The second-order valence-corrected chi connectivity index (χ2v) is 3.92. The average Bonchev–Trinajstić information content (AvgIpc) is 2.45. The highest BCUT2D eigenvalue weighted by Crippen LogP contribution is 2.11. The highest BCUT2D eigenvalue weighted by Gasteiger charge is 2.09. The van der Waals surface area contributed by atoms with Crippen LogP contribution in [0, 0.1) is 6.92 Å². The molecule has 0 saturated carbocycles. The highest BCUT2D eigenvalue weighted by atomic mass is 16.7. The molecule has 0 bridgehead atoms. The summed E-state index contributed by atoms with van der Waals surface area (Å²) in [6.45, 7) is 1.72. The third kappa shape index (κ3) is 3.94. The first-order valence-electron chi connectivity index (χ1n) is 5.95. The molecular weight excluding hydrogens is 260 g/mol. The minimum atomic E-state index is -0.805. The summed E-state index contributed by atoms with van der Waals surface area (Å²) in [5.74, 6) is 1.19. The van der Waals surface area contributed by atoms with Crippen LogP contribution in [-0.2, 0) is 11.3 Å². The molecule has 1 aromatic heterocycles. The molecule has 0 unspecified atom stereocenters. The van der Waals surface area contributed by atoms with Gasteiger partial charge in [0, 0.05) is 11.8 Å². The van der Waals surface area contributed by atoms with Gasteiger partial charge in [-0.15, -0.1) is 0 Å². The summed E-state index contributed by atoms with van der Waals surface area (Å²) in [6.07, 6.45) is -0.805. The molecular formula is C14H14N2O4. The summed E-state index contributed by atoms with van der Waals surface area (Å²) in [7, 11) is 1.51. The standard InChI is InChI=1S/C14H14N2O4/c1-10-8-13(18-2)16-12(15-10)9-19-14(17)20-11-6-4-3-5-7-11/h3-8H,9H2,1-2H3. The lowest BCUT2D eigenvalue weighted by molar-refractivity contribution is 0.0901. The van der Waals surface area contributed by atoms with Crippen LogP contribution in [0.25, 0.3) is 0 Å². The third-order valence-electron chi connectivity index (χ3n) is 2.35. The van der Waals surface area contributed by atoms with E-state index in [1.165, 1.54) is 7.11 Å². The number of rotatable bonds is 4. The summed E-state index contributed by atoms with van der Waals surface area (Å²) >= 11 is 0. The summed E-state index contributed by atoms with van der Waals surface area (Å²) in [5.41, 5.74) is 0.729. The fourth-order valence-corrected chi connectivity index (χ4v) is 1.51. The van der Waals surface area contributed by atoms with Crippen molar-refractivity contribution in [2.75, 3.05) is 7.11 Å². The number of aromatic nitrogens is 2. The number of nitrogens with zero attached hydrogens (tertiary/aromatic N) is 2. The van der Waals surface area contributed by atoms with Crippen molar-refractivity contribution in [3.05, 3.63) is 47.9 Å². The van der Waals surface area contributed by atoms with Crippen LogP contribution in [0.5, 0.6) is 11.6 Å². The van der Waals surface area contributed by atoms with E-state index in [2.05, 4.69) is 9.97 Å². The number of aryl methyl sites for hydroxylation is 1. The van der Waals surface area contributed by atoms with Gasteiger partial charge in [0.15, 0.2) is 12.4 Å². The molecule has 6 nitrogen and oxygen atoms in total. The van der Waals surface area contributed by atoms with E-state index in [9.17, 15) is 4.79 Å². The van der Waals surface area contributed by atoms with Crippen LogP contribution in [0.3, 0.4) is 0 Å². The number of hydrogen-bond donors (Lipinski definition) is 0. The van der Waals surface area contributed by atoms with Crippen molar-refractivity contribution < 1.29 is 19.0 Å². The predicted octanol–water partition coefficient (Wildman–Crippen LogP) is 2.51. The quantitative estimate of drug-likeness (QED) is 0.630. The molecule has 0 radical (unpaired) electrons. The molecule has 0 saturated heterocycles. The number of para-hydroxylation sites is 1. The topological polar surface area (TPSA) is 70.5 Å². The number of ether oxygens (including phenoxy) is 3. The van der Waals surface area contributed by atoms with Crippen LogP contribution in [0.4, 0.5) is 4.79 Å². The molecule has 1 aromatic carbocycles. The monoisotopic (exact) mass is 274 g/mol. The number of benzene rings is 1. The Labute approximate surface area is 116 Å². The van der Waals surface area contributed by atoms with Crippen molar-refractivity contribution in [3.63, 3.8) is 0 Å². The van der Waals surface area contributed by atoms with E-state index >= 15 is 0 Å². The number of methoxy groups -OCH3 is 1. The van der Waals surface area contributed by atoms with E-state index in [-0.39, 0.29) is 6.61 Å². The second-order valence-electron chi connectivity index (χ2n) is 3.92. The van der Waals surface area contributed by atoms with Gasteiger partial charge in [0.1, 0.15) is 5.75 Å². The third-order valence-corrected chi connectivity index (χ3v) is 2.35. The number of hydrogen-bond acceptors (Lipinski definition) is 6. The van der Waals surface area contributed by atoms with Crippen molar-refractivity contribution in [1.82, 2.24) is 9.97 Å². The van der Waals surface area contributed by atoms with Crippen LogP contribution in [-0.4, -0.2) is 23.2 Å². The average molecular weight is 274 g/mol. The summed E-state index contributed by atoms with van der Waals surface area (Å²) in [5, 5.41) is 0. The molecule has 20 heavy (non-hydrogen) atoms. The first kappa shape index (κ1) is 13.8. The van der Waals surface area contributed by atoms with Gasteiger partial charge in [-0.1, -0.05) is 18.2 Å². The molecule has 0 atom stereocenters. The first-order chi connectivity index (χ1) is 9.67. The zero-order chi connectivity index (χ0) is 14.4. The smallest absolute Gasteiger partial charge is 0.481 e. The number of carbonyl (C=O) groups is 1. The molecule has 0 amide bonds. The van der Waals surface area contributed by atoms with Gasteiger partial charge < -0.3 is 14.2 Å². The molecule has 2 rings (SSSR count). The molecule has 0 aliphatic carbocycles. The van der Waals surface area contributed by atoms with Gasteiger partial charge in [0.05, 0.1) is 7.11 Å². The lowest BCUT2D eigenvalue weighted by Gasteiger charge is -2.06. The largest absolute Gasteiger partial charge is 0.514 e. The maximum absolute atomic E-state index is 11.5. The molecule has 6 heteroatoms. The number of carbonyl (C=O) groups excluding carboxylic acids is 1. The maximum Gasteiger partial charge on any atom is 0.514 e. The van der Waals surface area contributed by atoms with Crippen LogP contribution >= 0.6 is 0 Å². The fraction of sp³-hybridized carbons (Fsp3) is 0.214. The molecule has 0 aliphatic heterocycles. The van der Waals surface area contributed by atoms with E-state index in [1.807, 2.05) is 6.07 Å². The van der Waals surface area contributed by atoms with Gasteiger partial charge in [-0.3, -0.25) is 0 Å². The van der Waals surface area contributed by atoms with Crippen molar-refractivity contribution in [2.45, 2.75) is 13.5 Å². The van der Waals surface area contributed by atoms with E-state index in [4.69, 9.17) is 14.2 Å². The Morgan fingerprint density at radius 3 is 2.65 bits per heavy atom. The summed E-state index contributed by atoms with van der Waals surface area (Å²) in [4.78, 5) is 19.7. The SMILES string of the molecule is COc1cc(C)nc(COC(=O)Oc2ccccc2)n1. The normalized spacial score (nSPS) is 9.90. The molecule has 0 aliphatic rings. The minimum Gasteiger partial charge on any atom is -0.481 e.